The highest BCUT2D eigenvalue weighted by Gasteiger charge is 2.38. The zero-order valence-corrected chi connectivity index (χ0v) is 19.3. The summed E-state index contributed by atoms with van der Waals surface area (Å²) in [5.74, 6) is 0.807. The Kier molecular flexibility index (Phi) is 6.67. The number of likely N-dealkylation sites (N-methyl/N-ethyl adjacent to an activating group) is 1. The molecule has 0 aliphatic carbocycles. The van der Waals surface area contributed by atoms with E-state index in [9.17, 15) is 4.79 Å². The van der Waals surface area contributed by atoms with Gasteiger partial charge in [0.05, 0.1) is 33.4 Å². The molecule has 2 aromatic rings. The lowest BCUT2D eigenvalue weighted by Crippen LogP contribution is -3.00. The molecule has 3 aliphatic rings. The number of piperidine rings is 1. The molecule has 2 aromatic carbocycles. The molecule has 0 saturated carbocycles. The fourth-order valence-electron chi connectivity index (χ4n) is 4.74. The van der Waals surface area contributed by atoms with Gasteiger partial charge in [-0.2, -0.15) is 0 Å². The highest BCUT2D eigenvalue weighted by atomic mass is 79.9. The zero-order valence-electron chi connectivity index (χ0n) is 17.7. The highest BCUT2D eigenvalue weighted by Crippen LogP contribution is 2.44. The van der Waals surface area contributed by atoms with E-state index in [4.69, 9.17) is 18.9 Å². The Labute approximate surface area is 193 Å². The van der Waals surface area contributed by atoms with Gasteiger partial charge >= 0.3 is 5.97 Å². The molecule has 0 atom stereocenters. The Hall–Kier alpha value is -1.93. The van der Waals surface area contributed by atoms with Crippen LogP contribution in [0.5, 0.6) is 11.5 Å². The van der Waals surface area contributed by atoms with Gasteiger partial charge in [0.2, 0.25) is 6.29 Å². The molecule has 3 heterocycles. The third-order valence-electron chi connectivity index (χ3n) is 6.46. The van der Waals surface area contributed by atoms with E-state index < -0.39 is 5.92 Å². The molecular weight excluding hydrogens is 462 g/mol. The minimum absolute atomic E-state index is 0. The number of hydrogen-bond acceptors (Lipinski definition) is 5. The average molecular weight is 490 g/mol. The Morgan fingerprint density at radius 3 is 2.10 bits per heavy atom. The van der Waals surface area contributed by atoms with Crippen LogP contribution in [0.1, 0.15) is 29.9 Å². The maximum absolute atomic E-state index is 13.3. The van der Waals surface area contributed by atoms with Crippen molar-refractivity contribution in [3.63, 3.8) is 0 Å². The largest absolute Gasteiger partial charge is 1.00 e. The number of fused-ring (bicyclic) bond motifs is 2. The number of esters is 1. The van der Waals surface area contributed by atoms with Crippen molar-refractivity contribution in [2.75, 3.05) is 39.9 Å². The van der Waals surface area contributed by atoms with Gasteiger partial charge in [0, 0.05) is 24.0 Å². The quantitative estimate of drug-likeness (QED) is 0.461. The fraction of sp³-hybridized carbons (Fsp3) is 0.458. The van der Waals surface area contributed by atoms with Gasteiger partial charge in [-0.3, -0.25) is 4.79 Å². The van der Waals surface area contributed by atoms with Gasteiger partial charge in [-0.1, -0.05) is 36.4 Å². The third kappa shape index (κ3) is 4.65. The molecule has 3 aliphatic heterocycles. The van der Waals surface area contributed by atoms with Crippen LogP contribution in [0.15, 0.2) is 48.5 Å². The summed E-state index contributed by atoms with van der Waals surface area (Å²) >= 11 is 0. The second kappa shape index (κ2) is 9.28. The molecule has 5 rings (SSSR count). The van der Waals surface area contributed by atoms with Gasteiger partial charge < -0.3 is 40.4 Å². The molecule has 6 nitrogen and oxygen atoms in total. The lowest BCUT2D eigenvalue weighted by atomic mass is 9.88. The summed E-state index contributed by atoms with van der Waals surface area (Å²) in [6.07, 6.45) is 1.53. The number of nitrogens with zero attached hydrogens (tertiary/aromatic N) is 1. The van der Waals surface area contributed by atoms with Crippen LogP contribution in [0.25, 0.3) is 0 Å². The summed E-state index contributed by atoms with van der Waals surface area (Å²) in [5, 5.41) is 0. The van der Waals surface area contributed by atoms with Crippen LogP contribution in [0.4, 0.5) is 0 Å². The molecule has 166 valence electrons. The van der Waals surface area contributed by atoms with E-state index in [-0.39, 0.29) is 35.3 Å². The summed E-state index contributed by atoms with van der Waals surface area (Å²) in [6, 6.07) is 15.4. The van der Waals surface area contributed by atoms with Gasteiger partial charge in [0.15, 0.2) is 0 Å². The van der Waals surface area contributed by atoms with E-state index in [0.717, 1.165) is 59.6 Å². The molecule has 31 heavy (non-hydrogen) atoms. The summed E-state index contributed by atoms with van der Waals surface area (Å²) in [5.41, 5.74) is 1.74. The fourth-order valence-corrected chi connectivity index (χ4v) is 4.74. The van der Waals surface area contributed by atoms with E-state index in [2.05, 4.69) is 7.05 Å². The third-order valence-corrected chi connectivity index (χ3v) is 6.46. The van der Waals surface area contributed by atoms with E-state index in [1.165, 1.54) is 0 Å². The normalized spacial score (nSPS) is 25.6. The number of hydrogen-bond donors (Lipinski definition) is 0. The summed E-state index contributed by atoms with van der Waals surface area (Å²) < 4.78 is 24.2. The monoisotopic (exact) mass is 489 g/mol. The van der Waals surface area contributed by atoms with Crippen molar-refractivity contribution in [2.45, 2.75) is 31.2 Å². The first kappa shape index (κ1) is 22.3. The molecular formula is C24H28BrNO5. The van der Waals surface area contributed by atoms with Crippen molar-refractivity contribution < 1.29 is 45.2 Å². The predicted octanol–water partition coefficient (Wildman–Crippen LogP) is 0.453. The average Bonchev–Trinajstić information content (AvgIpc) is 3.26. The highest BCUT2D eigenvalue weighted by molar-refractivity contribution is 5.85. The second-order valence-corrected chi connectivity index (χ2v) is 8.67. The van der Waals surface area contributed by atoms with Crippen LogP contribution in [-0.2, 0) is 19.0 Å². The Morgan fingerprint density at radius 2 is 1.52 bits per heavy atom. The number of rotatable bonds is 4. The molecule has 0 aromatic heterocycles. The number of likely N-dealkylation sites (tertiary alicyclic amines) is 1. The molecule has 0 bridgehead atoms. The van der Waals surface area contributed by atoms with Crippen LogP contribution in [0.2, 0.25) is 0 Å². The molecule has 7 heteroatoms. The van der Waals surface area contributed by atoms with Crippen LogP contribution in [0.3, 0.4) is 0 Å². The first-order valence-corrected chi connectivity index (χ1v) is 10.7. The lowest BCUT2D eigenvalue weighted by molar-refractivity contribution is -0.920. The second-order valence-electron chi connectivity index (χ2n) is 8.67. The maximum atomic E-state index is 13.3. The Balaban J connectivity index is 0.00000231. The summed E-state index contributed by atoms with van der Waals surface area (Å²) in [7, 11) is 2.23. The van der Waals surface area contributed by atoms with Crippen molar-refractivity contribution in [1.29, 1.82) is 0 Å². The van der Waals surface area contributed by atoms with Gasteiger partial charge in [0.25, 0.3) is 0 Å². The Morgan fingerprint density at radius 1 is 0.968 bits per heavy atom. The smallest absolute Gasteiger partial charge is 0.318 e. The minimum Gasteiger partial charge on any atom is -1.00 e. The summed E-state index contributed by atoms with van der Waals surface area (Å²) in [4.78, 5) is 13.3. The standard InChI is InChI=1S/C24H28NO5.BrH/c1-25(16-22-27-14-15-28-22)12-10-17(11-13-25)29-24(26)23-18-6-2-4-8-20(18)30-21-9-5-3-7-19(21)23;/h2-9,17,22-23H,10-16H2,1H3;1H/q+1;/p-1. The number of ether oxygens (including phenoxy) is 4. The Bertz CT molecular complexity index is 876. The van der Waals surface area contributed by atoms with Crippen molar-refractivity contribution in [3.8, 4) is 11.5 Å². The van der Waals surface area contributed by atoms with Crippen molar-refractivity contribution in [3.05, 3.63) is 59.7 Å². The van der Waals surface area contributed by atoms with Crippen LogP contribution in [-0.4, -0.2) is 62.7 Å². The van der Waals surface area contributed by atoms with E-state index in [1.807, 2.05) is 48.5 Å². The lowest BCUT2D eigenvalue weighted by Gasteiger charge is -2.41. The van der Waals surface area contributed by atoms with E-state index >= 15 is 0 Å². The molecule has 0 amide bonds. The van der Waals surface area contributed by atoms with Crippen molar-refractivity contribution in [1.82, 2.24) is 0 Å². The predicted molar refractivity (Wildman–Crippen MR) is 110 cm³/mol. The van der Waals surface area contributed by atoms with Gasteiger partial charge in [-0.15, -0.1) is 0 Å². The SMILES string of the molecule is C[N+]1(CC2OCCO2)CCC(OC(=O)C2c3ccccc3Oc3ccccc32)CC1.[Br-]. The van der Waals surface area contributed by atoms with Crippen LogP contribution < -0.4 is 21.7 Å². The van der Waals surface area contributed by atoms with E-state index in [0.29, 0.717) is 13.2 Å². The molecule has 2 fully saturated rings. The molecule has 0 N–H and O–H groups in total. The first-order valence-electron chi connectivity index (χ1n) is 10.7. The van der Waals surface area contributed by atoms with Crippen LogP contribution in [0, 0.1) is 0 Å². The zero-order chi connectivity index (χ0) is 20.6. The number of carbonyl (C=O) groups excluding carboxylic acids is 1. The summed E-state index contributed by atoms with van der Waals surface area (Å²) in [6.45, 7) is 4.10. The van der Waals surface area contributed by atoms with Crippen molar-refractivity contribution >= 4 is 5.97 Å². The van der Waals surface area contributed by atoms with Gasteiger partial charge in [0.1, 0.15) is 30.1 Å². The number of carbonyl (C=O) groups is 1. The maximum Gasteiger partial charge on any atom is 0.318 e. The first-order chi connectivity index (χ1) is 14.6. The number of benzene rings is 2. The molecule has 0 unspecified atom stereocenters. The topological polar surface area (TPSA) is 54.0 Å². The van der Waals surface area contributed by atoms with Crippen molar-refractivity contribution in [2.24, 2.45) is 0 Å². The molecule has 0 radical (unpaired) electrons. The molecule has 0 spiro atoms. The number of halogens is 1. The number of quaternary nitrogens is 1. The van der Waals surface area contributed by atoms with Gasteiger partial charge in [-0.05, 0) is 12.1 Å². The molecule has 2 saturated heterocycles. The van der Waals surface area contributed by atoms with Gasteiger partial charge in [-0.25, -0.2) is 0 Å². The van der Waals surface area contributed by atoms with Crippen LogP contribution >= 0.6 is 0 Å². The van der Waals surface area contributed by atoms with E-state index in [1.54, 1.807) is 0 Å². The minimum atomic E-state index is -0.450. The number of para-hydroxylation sites is 2.